The van der Waals surface area contributed by atoms with E-state index in [0.29, 0.717) is 5.92 Å². The second-order valence-electron chi connectivity index (χ2n) is 4.94. The number of hydrogen-bond donors (Lipinski definition) is 1. The Morgan fingerprint density at radius 3 is 3.05 bits per heavy atom. The summed E-state index contributed by atoms with van der Waals surface area (Å²) >= 11 is 0. The number of aryl methyl sites for hydroxylation is 1. The SMILES string of the molecule is CCNC(c1cnn(C)c1)C1COc2ccccc21. The summed E-state index contributed by atoms with van der Waals surface area (Å²) in [7, 11) is 1.95. The third kappa shape index (κ3) is 2.24. The van der Waals surface area contributed by atoms with Crippen LogP contribution in [0.4, 0.5) is 0 Å². The summed E-state index contributed by atoms with van der Waals surface area (Å²) in [5.41, 5.74) is 2.51. The van der Waals surface area contributed by atoms with Crippen LogP contribution in [0.25, 0.3) is 0 Å². The molecule has 0 saturated carbocycles. The van der Waals surface area contributed by atoms with Gasteiger partial charge in [0.05, 0.1) is 12.8 Å². The molecule has 0 fully saturated rings. The highest BCUT2D eigenvalue weighted by atomic mass is 16.5. The zero-order chi connectivity index (χ0) is 13.2. The van der Waals surface area contributed by atoms with Crippen LogP contribution >= 0.6 is 0 Å². The molecule has 0 spiro atoms. The van der Waals surface area contributed by atoms with Crippen molar-refractivity contribution in [1.82, 2.24) is 15.1 Å². The number of ether oxygens (including phenoxy) is 1. The summed E-state index contributed by atoms with van der Waals surface area (Å²) in [6.45, 7) is 3.79. The van der Waals surface area contributed by atoms with E-state index in [9.17, 15) is 0 Å². The number of aromatic nitrogens is 2. The molecule has 100 valence electrons. The van der Waals surface area contributed by atoms with Gasteiger partial charge < -0.3 is 10.1 Å². The van der Waals surface area contributed by atoms with Gasteiger partial charge in [-0.25, -0.2) is 0 Å². The van der Waals surface area contributed by atoms with Crippen LogP contribution in [0.15, 0.2) is 36.7 Å². The monoisotopic (exact) mass is 257 g/mol. The van der Waals surface area contributed by atoms with Gasteiger partial charge in [0, 0.05) is 36.3 Å². The minimum absolute atomic E-state index is 0.252. The van der Waals surface area contributed by atoms with Crippen LogP contribution in [0, 0.1) is 0 Å². The van der Waals surface area contributed by atoms with Gasteiger partial charge in [-0.05, 0) is 12.6 Å². The lowest BCUT2D eigenvalue weighted by Crippen LogP contribution is -2.27. The molecular weight excluding hydrogens is 238 g/mol. The Hall–Kier alpha value is -1.81. The highest BCUT2D eigenvalue weighted by Gasteiger charge is 2.32. The van der Waals surface area contributed by atoms with Gasteiger partial charge >= 0.3 is 0 Å². The van der Waals surface area contributed by atoms with E-state index in [-0.39, 0.29) is 6.04 Å². The molecule has 4 heteroatoms. The summed E-state index contributed by atoms with van der Waals surface area (Å²) < 4.78 is 7.65. The Labute approximate surface area is 113 Å². The molecule has 0 radical (unpaired) electrons. The zero-order valence-electron chi connectivity index (χ0n) is 11.3. The van der Waals surface area contributed by atoms with Crippen molar-refractivity contribution in [3.63, 3.8) is 0 Å². The van der Waals surface area contributed by atoms with Crippen molar-refractivity contribution in [1.29, 1.82) is 0 Å². The lowest BCUT2D eigenvalue weighted by molar-refractivity contribution is 0.301. The number of benzene rings is 1. The average Bonchev–Trinajstić information content (AvgIpc) is 3.03. The summed E-state index contributed by atoms with van der Waals surface area (Å²) in [6, 6.07) is 8.55. The number of hydrogen-bond acceptors (Lipinski definition) is 3. The number of nitrogens with one attached hydrogen (secondary N) is 1. The number of fused-ring (bicyclic) bond motifs is 1. The number of likely N-dealkylation sites (N-methyl/N-ethyl adjacent to an activating group) is 1. The van der Waals surface area contributed by atoms with Crippen LogP contribution in [-0.4, -0.2) is 22.9 Å². The van der Waals surface area contributed by atoms with Crippen molar-refractivity contribution in [2.45, 2.75) is 18.9 Å². The average molecular weight is 257 g/mol. The lowest BCUT2D eigenvalue weighted by Gasteiger charge is -2.22. The second-order valence-corrected chi connectivity index (χ2v) is 4.94. The fourth-order valence-electron chi connectivity index (χ4n) is 2.78. The van der Waals surface area contributed by atoms with Gasteiger partial charge in [0.2, 0.25) is 0 Å². The summed E-state index contributed by atoms with van der Waals surface area (Å²) in [4.78, 5) is 0. The van der Waals surface area contributed by atoms with Gasteiger partial charge in [-0.15, -0.1) is 0 Å². The first-order chi connectivity index (χ1) is 9.29. The predicted octanol–water partition coefficient (Wildman–Crippen LogP) is 2.25. The highest BCUT2D eigenvalue weighted by Crippen LogP contribution is 2.40. The van der Waals surface area contributed by atoms with Crippen LogP contribution in [0.3, 0.4) is 0 Å². The molecule has 4 nitrogen and oxygen atoms in total. The minimum Gasteiger partial charge on any atom is -0.493 e. The fraction of sp³-hybridized carbons (Fsp3) is 0.400. The first kappa shape index (κ1) is 12.2. The van der Waals surface area contributed by atoms with E-state index in [1.807, 2.05) is 30.1 Å². The molecule has 2 atom stereocenters. The molecule has 2 heterocycles. The van der Waals surface area contributed by atoms with Crippen molar-refractivity contribution in [2.24, 2.45) is 7.05 Å². The second kappa shape index (κ2) is 5.05. The van der Waals surface area contributed by atoms with Crippen molar-refractivity contribution in [2.75, 3.05) is 13.2 Å². The zero-order valence-corrected chi connectivity index (χ0v) is 11.3. The van der Waals surface area contributed by atoms with E-state index < -0.39 is 0 Å². The topological polar surface area (TPSA) is 39.1 Å². The molecule has 1 aliphatic rings. The Morgan fingerprint density at radius 2 is 2.32 bits per heavy atom. The van der Waals surface area contributed by atoms with Gasteiger partial charge in [0.1, 0.15) is 5.75 Å². The van der Waals surface area contributed by atoms with Gasteiger partial charge in [-0.3, -0.25) is 4.68 Å². The molecule has 19 heavy (non-hydrogen) atoms. The van der Waals surface area contributed by atoms with Crippen LogP contribution in [0.1, 0.15) is 30.0 Å². The van der Waals surface area contributed by atoms with Crippen LogP contribution in [0.5, 0.6) is 5.75 Å². The molecule has 2 aromatic rings. The summed E-state index contributed by atoms with van der Waals surface area (Å²) in [5.74, 6) is 1.36. The first-order valence-electron chi connectivity index (χ1n) is 6.73. The Bertz CT molecular complexity index is 564. The lowest BCUT2D eigenvalue weighted by atomic mass is 9.90. The highest BCUT2D eigenvalue weighted by molar-refractivity contribution is 5.41. The van der Waals surface area contributed by atoms with E-state index in [0.717, 1.165) is 18.9 Å². The van der Waals surface area contributed by atoms with Crippen LogP contribution in [-0.2, 0) is 7.05 Å². The van der Waals surface area contributed by atoms with Crippen LogP contribution in [0.2, 0.25) is 0 Å². The van der Waals surface area contributed by atoms with E-state index in [1.165, 1.54) is 11.1 Å². The molecule has 1 aromatic carbocycles. The van der Waals surface area contributed by atoms with Crippen molar-refractivity contribution >= 4 is 0 Å². The predicted molar refractivity (Wildman–Crippen MR) is 74.3 cm³/mol. The Balaban J connectivity index is 1.94. The maximum atomic E-state index is 5.80. The van der Waals surface area contributed by atoms with E-state index in [2.05, 4.69) is 35.7 Å². The molecule has 3 rings (SSSR count). The van der Waals surface area contributed by atoms with E-state index >= 15 is 0 Å². The van der Waals surface area contributed by atoms with Crippen molar-refractivity contribution in [3.05, 3.63) is 47.8 Å². The van der Waals surface area contributed by atoms with E-state index in [1.54, 1.807) is 0 Å². The van der Waals surface area contributed by atoms with Gasteiger partial charge in [0.15, 0.2) is 0 Å². The first-order valence-corrected chi connectivity index (χ1v) is 6.73. The smallest absolute Gasteiger partial charge is 0.122 e. The molecule has 2 unspecified atom stereocenters. The Kier molecular flexibility index (Phi) is 3.25. The fourth-order valence-corrected chi connectivity index (χ4v) is 2.78. The number of para-hydroxylation sites is 1. The van der Waals surface area contributed by atoms with Gasteiger partial charge in [-0.1, -0.05) is 25.1 Å². The van der Waals surface area contributed by atoms with Gasteiger partial charge in [-0.2, -0.15) is 5.10 Å². The normalized spacial score (nSPS) is 18.9. The van der Waals surface area contributed by atoms with Crippen molar-refractivity contribution in [3.8, 4) is 5.75 Å². The Morgan fingerprint density at radius 1 is 1.47 bits per heavy atom. The van der Waals surface area contributed by atoms with E-state index in [4.69, 9.17) is 4.74 Å². The molecule has 0 amide bonds. The summed E-state index contributed by atoms with van der Waals surface area (Å²) in [6.07, 6.45) is 4.02. The van der Waals surface area contributed by atoms with Gasteiger partial charge in [0.25, 0.3) is 0 Å². The minimum atomic E-state index is 0.252. The number of rotatable bonds is 4. The molecule has 0 bridgehead atoms. The number of nitrogens with zero attached hydrogens (tertiary/aromatic N) is 2. The third-order valence-corrected chi connectivity index (χ3v) is 3.65. The maximum Gasteiger partial charge on any atom is 0.122 e. The summed E-state index contributed by atoms with van der Waals surface area (Å²) in [5, 5.41) is 7.84. The molecular formula is C15H19N3O. The van der Waals surface area contributed by atoms with Crippen LogP contribution < -0.4 is 10.1 Å². The molecule has 1 aromatic heterocycles. The molecule has 0 aliphatic carbocycles. The molecule has 1 aliphatic heterocycles. The third-order valence-electron chi connectivity index (χ3n) is 3.65. The molecule has 1 N–H and O–H groups in total. The standard InChI is InChI=1S/C15H19N3O/c1-3-16-15(11-8-17-18(2)9-11)13-10-19-14-7-5-4-6-12(13)14/h4-9,13,15-16H,3,10H2,1-2H3. The molecule has 0 saturated heterocycles. The largest absolute Gasteiger partial charge is 0.493 e. The van der Waals surface area contributed by atoms with Crippen molar-refractivity contribution < 1.29 is 4.74 Å². The maximum absolute atomic E-state index is 5.80. The quantitative estimate of drug-likeness (QED) is 0.913.